The van der Waals surface area contributed by atoms with Gasteiger partial charge in [-0.1, -0.05) is 49.7 Å². The van der Waals surface area contributed by atoms with Gasteiger partial charge >= 0.3 is 0 Å². The van der Waals surface area contributed by atoms with Crippen LogP contribution in [0.2, 0.25) is 18.1 Å². The summed E-state index contributed by atoms with van der Waals surface area (Å²) in [4.78, 5) is 0. The molecule has 1 heterocycles. The predicted molar refractivity (Wildman–Crippen MR) is 112 cm³/mol. The Kier molecular flexibility index (Phi) is 6.19. The molecule has 0 fully saturated rings. The van der Waals surface area contributed by atoms with E-state index in [-0.39, 0.29) is 11.1 Å². The van der Waals surface area contributed by atoms with Crippen molar-refractivity contribution in [2.24, 2.45) is 0 Å². The Labute approximate surface area is 161 Å². The molecule has 1 aromatic carbocycles. The van der Waals surface area contributed by atoms with Crippen molar-refractivity contribution >= 4 is 35.2 Å². The van der Waals surface area contributed by atoms with Gasteiger partial charge < -0.3 is 8.99 Å². The molecule has 0 radical (unpaired) electrons. The van der Waals surface area contributed by atoms with Crippen LogP contribution in [0.1, 0.15) is 45.4 Å². The van der Waals surface area contributed by atoms with Crippen LogP contribution in [0.4, 0.5) is 0 Å². The van der Waals surface area contributed by atoms with Crippen LogP contribution in [-0.2, 0) is 16.3 Å². The highest BCUT2D eigenvalue weighted by Crippen LogP contribution is 2.38. The predicted octanol–water partition coefficient (Wildman–Crippen LogP) is 6.21. The summed E-state index contributed by atoms with van der Waals surface area (Å²) in [5.41, 5.74) is 3.04. The fourth-order valence-corrected chi connectivity index (χ4v) is 4.52. The lowest BCUT2D eigenvalue weighted by Gasteiger charge is -2.39. The zero-order valence-corrected chi connectivity index (χ0v) is 18.8. The number of aromatic nitrogens is 1. The molecule has 1 aromatic heterocycles. The Morgan fingerprint density at radius 3 is 2.48 bits per heavy atom. The molecule has 0 bridgehead atoms. The van der Waals surface area contributed by atoms with Gasteiger partial charge in [-0.3, -0.25) is 0 Å². The van der Waals surface area contributed by atoms with Gasteiger partial charge in [0.1, 0.15) is 11.8 Å². The fourth-order valence-electron chi connectivity index (χ4n) is 2.74. The van der Waals surface area contributed by atoms with Gasteiger partial charge in [-0.15, -0.1) is 0 Å². The molecule has 0 unspecified atom stereocenters. The topological polar surface area (TPSA) is 38.0 Å². The summed E-state index contributed by atoms with van der Waals surface area (Å²) >= 11 is 3.50. The molecule has 0 saturated heterocycles. The summed E-state index contributed by atoms with van der Waals surface area (Å²) in [7, 11) is -1.83. The average molecular weight is 421 g/mol. The minimum absolute atomic E-state index is 0.124. The Morgan fingerprint density at radius 2 is 1.96 bits per heavy atom. The second-order valence-electron chi connectivity index (χ2n) is 8.19. The van der Waals surface area contributed by atoms with E-state index in [0.29, 0.717) is 5.69 Å². The van der Waals surface area contributed by atoms with E-state index in [4.69, 9.17) is 4.43 Å². The van der Waals surface area contributed by atoms with E-state index in [1.54, 1.807) is 0 Å². The van der Waals surface area contributed by atoms with Crippen LogP contribution in [0.15, 0.2) is 24.3 Å². The van der Waals surface area contributed by atoms with Gasteiger partial charge in [0, 0.05) is 22.8 Å². The second-order valence-corrected chi connectivity index (χ2v) is 13.5. The van der Waals surface area contributed by atoms with Gasteiger partial charge in [-0.05, 0) is 48.3 Å². The lowest BCUT2D eigenvalue weighted by Crippen LogP contribution is -2.44. The van der Waals surface area contributed by atoms with Crippen LogP contribution in [0.5, 0.6) is 0 Å². The first-order chi connectivity index (χ1) is 11.6. The van der Waals surface area contributed by atoms with Gasteiger partial charge in [0.2, 0.25) is 0 Å². The lowest BCUT2D eigenvalue weighted by atomic mass is 10.2. The number of nitriles is 1. The first kappa shape index (κ1) is 20.2. The van der Waals surface area contributed by atoms with Gasteiger partial charge in [0.05, 0.1) is 6.10 Å². The van der Waals surface area contributed by atoms with E-state index >= 15 is 0 Å². The molecule has 1 atom stereocenters. The zero-order valence-electron chi connectivity index (χ0n) is 16.2. The van der Waals surface area contributed by atoms with Crippen molar-refractivity contribution in [3.8, 4) is 6.07 Å². The molecule has 0 amide bonds. The molecule has 0 N–H and O–H groups in total. The Hall–Kier alpha value is -1.09. The van der Waals surface area contributed by atoms with Crippen LogP contribution < -0.4 is 0 Å². The second kappa shape index (κ2) is 7.65. The van der Waals surface area contributed by atoms with E-state index in [1.807, 2.05) is 6.07 Å². The molecule has 2 aromatic rings. The first-order valence-corrected chi connectivity index (χ1v) is 12.9. The molecule has 3 nitrogen and oxygen atoms in total. The van der Waals surface area contributed by atoms with Gasteiger partial charge in [-0.25, -0.2) is 0 Å². The summed E-state index contributed by atoms with van der Waals surface area (Å²) in [6, 6.07) is 10.7. The molecular weight excluding hydrogens is 392 g/mol. The summed E-state index contributed by atoms with van der Waals surface area (Å²) in [5, 5.41) is 11.7. The average Bonchev–Trinajstić information content (AvgIpc) is 2.89. The molecule has 5 heteroatoms. The normalized spacial score (nSPS) is 13.8. The number of alkyl halides is 1. The first-order valence-electron chi connectivity index (χ1n) is 8.89. The minimum atomic E-state index is -1.83. The zero-order chi connectivity index (χ0) is 18.8. The monoisotopic (exact) mass is 420 g/mol. The highest BCUT2D eigenvalue weighted by molar-refractivity contribution is 9.08. The van der Waals surface area contributed by atoms with Crippen molar-refractivity contribution < 1.29 is 4.43 Å². The fraction of sp³-hybridized carbons (Fsp3) is 0.550. The smallest absolute Gasteiger partial charge is 0.192 e. The number of hydrogen-bond acceptors (Lipinski definition) is 2. The third-order valence-electron chi connectivity index (χ3n) is 5.34. The van der Waals surface area contributed by atoms with E-state index < -0.39 is 8.32 Å². The number of rotatable bonds is 6. The number of fused-ring (bicyclic) bond motifs is 1. The molecule has 0 spiro atoms. The third kappa shape index (κ3) is 4.36. The Morgan fingerprint density at radius 1 is 1.28 bits per heavy atom. The van der Waals surface area contributed by atoms with E-state index in [1.165, 1.54) is 5.56 Å². The third-order valence-corrected chi connectivity index (χ3v) is 10.5. The number of benzene rings is 1. The molecule has 2 rings (SSSR count). The van der Waals surface area contributed by atoms with Gasteiger partial charge in [-0.2, -0.15) is 5.26 Å². The van der Waals surface area contributed by atoms with Gasteiger partial charge in [0.25, 0.3) is 0 Å². The summed E-state index contributed by atoms with van der Waals surface area (Å²) in [5.74, 6) is 0. The number of hydrogen-bond donors (Lipinski definition) is 0. The number of nitrogens with zero attached hydrogens (tertiary/aromatic N) is 2. The van der Waals surface area contributed by atoms with Crippen molar-refractivity contribution in [1.82, 2.24) is 4.57 Å². The maximum atomic E-state index is 9.58. The Bertz CT molecular complexity index is 783. The number of halogens is 1. The van der Waals surface area contributed by atoms with Gasteiger partial charge in [0.15, 0.2) is 8.32 Å². The highest BCUT2D eigenvalue weighted by atomic mass is 79.9. The summed E-state index contributed by atoms with van der Waals surface area (Å²) in [6.45, 7) is 14.3. The van der Waals surface area contributed by atoms with Crippen LogP contribution in [0.3, 0.4) is 0 Å². The van der Waals surface area contributed by atoms with Crippen molar-refractivity contribution in [2.45, 2.75) is 70.2 Å². The minimum Gasteiger partial charge on any atom is -0.412 e. The quantitative estimate of drug-likeness (QED) is 0.411. The van der Waals surface area contributed by atoms with Crippen molar-refractivity contribution in [3.05, 3.63) is 35.5 Å². The van der Waals surface area contributed by atoms with Crippen molar-refractivity contribution in [3.63, 3.8) is 0 Å². The van der Waals surface area contributed by atoms with E-state index in [2.05, 4.69) is 85.6 Å². The SMILES string of the molecule is CC[C@H](Cn1c(C#N)cc2cc(CBr)ccc21)O[Si](C)(C)C(C)(C)C. The molecule has 0 aliphatic rings. The highest BCUT2D eigenvalue weighted by Gasteiger charge is 2.39. The van der Waals surface area contributed by atoms with E-state index in [9.17, 15) is 5.26 Å². The summed E-state index contributed by atoms with van der Waals surface area (Å²) in [6.07, 6.45) is 1.07. The van der Waals surface area contributed by atoms with Crippen LogP contribution in [-0.4, -0.2) is 19.0 Å². The molecule has 136 valence electrons. The van der Waals surface area contributed by atoms with Crippen LogP contribution in [0, 0.1) is 11.3 Å². The van der Waals surface area contributed by atoms with Crippen LogP contribution in [0.25, 0.3) is 10.9 Å². The molecular formula is C20H29BrN2OSi. The van der Waals surface area contributed by atoms with Crippen molar-refractivity contribution in [2.75, 3.05) is 0 Å². The molecule has 0 aliphatic carbocycles. The maximum Gasteiger partial charge on any atom is 0.192 e. The summed E-state index contributed by atoms with van der Waals surface area (Å²) < 4.78 is 8.74. The lowest BCUT2D eigenvalue weighted by molar-refractivity contribution is 0.158. The maximum absolute atomic E-state index is 9.58. The standard InChI is InChI=1S/C20H29BrN2OSi/c1-7-18(24-25(5,6)20(2,3)4)14-23-17(13-22)11-16-10-15(12-21)8-9-19(16)23/h8-11,18H,7,12,14H2,1-6H3/t18-/m1/s1. The van der Waals surface area contributed by atoms with Crippen LogP contribution >= 0.6 is 15.9 Å². The van der Waals surface area contributed by atoms with Crippen molar-refractivity contribution in [1.29, 1.82) is 5.26 Å². The molecule has 0 saturated carbocycles. The van der Waals surface area contributed by atoms with E-state index in [0.717, 1.165) is 29.2 Å². The molecule has 0 aliphatic heterocycles. The molecule has 25 heavy (non-hydrogen) atoms. The largest absolute Gasteiger partial charge is 0.412 e. The Balaban J connectivity index is 2.36.